The topological polar surface area (TPSA) is 103 Å². The summed E-state index contributed by atoms with van der Waals surface area (Å²) < 4.78 is 6.91. The van der Waals surface area contributed by atoms with Gasteiger partial charge < -0.3 is 9.72 Å². The van der Waals surface area contributed by atoms with E-state index in [2.05, 4.69) is 20.5 Å². The molecule has 0 bridgehead atoms. The molecule has 0 aliphatic rings. The van der Waals surface area contributed by atoms with Crippen LogP contribution in [0.15, 0.2) is 29.4 Å². The van der Waals surface area contributed by atoms with Gasteiger partial charge >= 0.3 is 0 Å². The van der Waals surface area contributed by atoms with Gasteiger partial charge in [-0.25, -0.2) is 0 Å². The van der Waals surface area contributed by atoms with Crippen LogP contribution in [-0.2, 0) is 0 Å². The number of nitrogens with zero attached hydrogens (tertiary/aromatic N) is 4. The van der Waals surface area contributed by atoms with E-state index < -0.39 is 5.25 Å². The fourth-order valence-electron chi connectivity index (χ4n) is 3.15. The molecule has 0 amide bonds. The van der Waals surface area contributed by atoms with Gasteiger partial charge in [-0.15, -0.1) is 5.10 Å². The van der Waals surface area contributed by atoms with Gasteiger partial charge in [0.1, 0.15) is 11.4 Å². The maximum Gasteiger partial charge on any atom is 0.214 e. The maximum absolute atomic E-state index is 13.0. The monoisotopic (exact) mass is 399 g/mol. The van der Waals surface area contributed by atoms with Crippen molar-refractivity contribution in [2.75, 3.05) is 7.11 Å². The number of nitrogens with one attached hydrogen (secondary N) is 1. The van der Waals surface area contributed by atoms with E-state index >= 15 is 0 Å². The number of benzene rings is 1. The van der Waals surface area contributed by atoms with Gasteiger partial charge in [0.2, 0.25) is 5.16 Å². The van der Waals surface area contributed by atoms with Crippen molar-refractivity contribution in [3.8, 4) is 11.4 Å². The van der Waals surface area contributed by atoms with Crippen LogP contribution in [0.4, 0.5) is 0 Å². The lowest BCUT2D eigenvalue weighted by Crippen LogP contribution is -2.16. The molecular weight excluding hydrogens is 378 g/mol. The number of methoxy groups -OCH3 is 1. The summed E-state index contributed by atoms with van der Waals surface area (Å²) in [5.41, 5.74) is 3.07. The van der Waals surface area contributed by atoms with E-state index in [9.17, 15) is 9.59 Å². The van der Waals surface area contributed by atoms with Crippen LogP contribution in [0, 0.1) is 13.8 Å². The molecule has 0 aliphatic heterocycles. The van der Waals surface area contributed by atoms with Gasteiger partial charge in [-0.1, -0.05) is 23.9 Å². The van der Waals surface area contributed by atoms with Crippen molar-refractivity contribution in [3.63, 3.8) is 0 Å². The van der Waals surface area contributed by atoms with E-state index in [1.54, 1.807) is 32.6 Å². The molecule has 0 saturated heterocycles. The molecule has 1 aromatic carbocycles. The molecule has 8 nitrogen and oxygen atoms in total. The highest BCUT2D eigenvalue weighted by Gasteiger charge is 2.26. The second-order valence-electron chi connectivity index (χ2n) is 6.35. The number of aromatic amines is 1. The predicted molar refractivity (Wildman–Crippen MR) is 106 cm³/mol. The Kier molecular flexibility index (Phi) is 5.64. The van der Waals surface area contributed by atoms with Crippen LogP contribution in [0.1, 0.15) is 46.0 Å². The Morgan fingerprint density at radius 2 is 1.96 bits per heavy atom. The number of ether oxygens (including phenoxy) is 1. The molecule has 2 heterocycles. The van der Waals surface area contributed by atoms with E-state index in [-0.39, 0.29) is 11.6 Å². The zero-order valence-corrected chi connectivity index (χ0v) is 17.1. The first kappa shape index (κ1) is 19.8. The van der Waals surface area contributed by atoms with Crippen molar-refractivity contribution < 1.29 is 14.3 Å². The molecule has 0 aliphatic carbocycles. The van der Waals surface area contributed by atoms with Crippen LogP contribution in [0.2, 0.25) is 0 Å². The number of tetrazole rings is 1. The largest absolute Gasteiger partial charge is 0.494 e. The van der Waals surface area contributed by atoms with Crippen molar-refractivity contribution in [1.29, 1.82) is 0 Å². The minimum Gasteiger partial charge on any atom is -0.494 e. The van der Waals surface area contributed by atoms with Gasteiger partial charge in [0, 0.05) is 11.3 Å². The number of carbonyl (C=O) groups excluding carboxylic acids is 2. The zero-order valence-electron chi connectivity index (χ0n) is 16.3. The highest BCUT2D eigenvalue weighted by atomic mass is 32.2. The van der Waals surface area contributed by atoms with Crippen LogP contribution >= 0.6 is 11.8 Å². The average Bonchev–Trinajstić information content (AvgIpc) is 3.24. The van der Waals surface area contributed by atoms with E-state index in [0.29, 0.717) is 39.1 Å². The number of carbonyl (C=O) groups is 2. The molecule has 0 spiro atoms. The summed E-state index contributed by atoms with van der Waals surface area (Å²) in [6.45, 7) is 6.86. The Bertz CT molecular complexity index is 1040. The molecule has 146 valence electrons. The molecule has 1 N–H and O–H groups in total. The Hall–Kier alpha value is -2.94. The van der Waals surface area contributed by atoms with E-state index in [0.717, 1.165) is 0 Å². The molecule has 1 atom stereocenters. The van der Waals surface area contributed by atoms with Crippen molar-refractivity contribution in [1.82, 2.24) is 25.2 Å². The van der Waals surface area contributed by atoms with Crippen LogP contribution in [0.5, 0.6) is 5.75 Å². The van der Waals surface area contributed by atoms with Gasteiger partial charge in [-0.2, -0.15) is 4.68 Å². The zero-order chi connectivity index (χ0) is 20.4. The van der Waals surface area contributed by atoms with Gasteiger partial charge in [0.15, 0.2) is 11.6 Å². The first-order chi connectivity index (χ1) is 13.3. The summed E-state index contributed by atoms with van der Waals surface area (Å²) in [5.74, 6) is 0.441. The first-order valence-corrected chi connectivity index (χ1v) is 9.55. The molecule has 0 saturated carbocycles. The molecule has 9 heteroatoms. The molecule has 0 fully saturated rings. The van der Waals surface area contributed by atoms with Gasteiger partial charge in [-0.05, 0) is 55.8 Å². The third-order valence-corrected chi connectivity index (χ3v) is 5.47. The number of hydrogen-bond acceptors (Lipinski definition) is 7. The summed E-state index contributed by atoms with van der Waals surface area (Å²) in [6, 6.07) is 7.36. The van der Waals surface area contributed by atoms with Crippen LogP contribution in [0.25, 0.3) is 5.69 Å². The number of H-pyrrole nitrogens is 1. The smallest absolute Gasteiger partial charge is 0.214 e. The fourth-order valence-corrected chi connectivity index (χ4v) is 4.01. The molecule has 28 heavy (non-hydrogen) atoms. The molecule has 3 rings (SSSR count). The van der Waals surface area contributed by atoms with E-state index in [1.807, 2.05) is 24.3 Å². The van der Waals surface area contributed by atoms with E-state index in [4.69, 9.17) is 4.74 Å². The fraction of sp³-hybridized carbons (Fsp3) is 0.316. The molecule has 3 aromatic rings. The summed E-state index contributed by atoms with van der Waals surface area (Å²) in [7, 11) is 1.57. The lowest BCUT2D eigenvalue weighted by Gasteiger charge is -2.12. The Labute approximate surface area is 166 Å². The van der Waals surface area contributed by atoms with Crippen LogP contribution in [-0.4, -0.2) is 49.1 Å². The number of para-hydroxylation sites is 2. The van der Waals surface area contributed by atoms with Crippen molar-refractivity contribution in [3.05, 3.63) is 46.8 Å². The number of hydrogen-bond donors (Lipinski definition) is 1. The third kappa shape index (κ3) is 3.57. The summed E-state index contributed by atoms with van der Waals surface area (Å²) in [6.07, 6.45) is 0. The van der Waals surface area contributed by atoms with Crippen molar-refractivity contribution in [2.24, 2.45) is 0 Å². The van der Waals surface area contributed by atoms with Gasteiger partial charge in [-0.3, -0.25) is 9.59 Å². The van der Waals surface area contributed by atoms with Crippen LogP contribution < -0.4 is 4.74 Å². The SMILES string of the molecule is COc1ccccc1-n1nnnc1SC(C)C(=O)c1[nH]c(C)c(C(C)=O)c1C. The highest BCUT2D eigenvalue weighted by Crippen LogP contribution is 2.30. The summed E-state index contributed by atoms with van der Waals surface area (Å²) in [5, 5.41) is 11.8. The quantitative estimate of drug-likeness (QED) is 0.481. The summed E-state index contributed by atoms with van der Waals surface area (Å²) >= 11 is 1.24. The van der Waals surface area contributed by atoms with Gasteiger partial charge in [0.25, 0.3) is 0 Å². The number of Topliss-reactive ketones (excluding diaryl/α,β-unsaturated/α-hetero) is 2. The third-order valence-electron chi connectivity index (χ3n) is 4.44. The summed E-state index contributed by atoms with van der Waals surface area (Å²) in [4.78, 5) is 27.9. The Balaban J connectivity index is 1.88. The number of ketones is 2. The number of thioether (sulfide) groups is 1. The van der Waals surface area contributed by atoms with E-state index in [1.165, 1.54) is 18.7 Å². The minimum atomic E-state index is -0.462. The predicted octanol–water partition coefficient (Wildman–Crippen LogP) is 3.18. The Morgan fingerprint density at radius 1 is 1.25 bits per heavy atom. The normalized spacial score (nSPS) is 12.0. The second kappa shape index (κ2) is 7.97. The van der Waals surface area contributed by atoms with Crippen LogP contribution in [0.3, 0.4) is 0 Å². The number of aryl methyl sites for hydroxylation is 1. The Morgan fingerprint density at radius 3 is 2.61 bits per heavy atom. The highest BCUT2D eigenvalue weighted by molar-refractivity contribution is 8.00. The number of rotatable bonds is 7. The number of aromatic nitrogens is 5. The molecular formula is C19H21N5O3S. The van der Waals surface area contributed by atoms with Crippen molar-refractivity contribution >= 4 is 23.3 Å². The standard InChI is InChI=1S/C19H21N5O3S/c1-10-16(12(3)25)11(2)20-17(10)18(26)13(4)28-19-21-22-23-24(19)14-8-6-7-9-15(14)27-5/h6-9,13,20H,1-5H3. The molecule has 1 unspecified atom stereocenters. The molecule has 2 aromatic heterocycles. The van der Waals surface area contributed by atoms with Gasteiger partial charge in [0.05, 0.1) is 18.1 Å². The lowest BCUT2D eigenvalue weighted by atomic mass is 10.0. The maximum atomic E-state index is 13.0. The molecule has 0 radical (unpaired) electrons. The lowest BCUT2D eigenvalue weighted by molar-refractivity contribution is 0.0988. The first-order valence-electron chi connectivity index (χ1n) is 8.67. The second-order valence-corrected chi connectivity index (χ2v) is 7.66. The van der Waals surface area contributed by atoms with Crippen molar-refractivity contribution in [2.45, 2.75) is 38.1 Å². The minimum absolute atomic E-state index is 0.0641. The average molecular weight is 399 g/mol.